The molecule has 96 valence electrons. The Morgan fingerprint density at radius 3 is 2.89 bits per heavy atom. The second-order valence-corrected chi connectivity index (χ2v) is 3.44. The molecule has 1 aromatic carbocycles. The number of carbonyl (C=O) groups excluding carboxylic acids is 1. The Bertz CT molecular complexity index is 470. The molecule has 1 rings (SSSR count). The van der Waals surface area contributed by atoms with Crippen molar-refractivity contribution in [2.75, 3.05) is 6.61 Å². The molecular weight excluding hydrogens is 235 g/mol. The summed E-state index contributed by atoms with van der Waals surface area (Å²) in [6.45, 7) is 3.67. The van der Waals surface area contributed by atoms with E-state index in [0.29, 0.717) is 11.3 Å². The van der Waals surface area contributed by atoms with Gasteiger partial charge in [0, 0.05) is 5.56 Å². The van der Waals surface area contributed by atoms with Crippen molar-refractivity contribution >= 4 is 17.9 Å². The summed E-state index contributed by atoms with van der Waals surface area (Å²) in [5.74, 6) is -0.306. The number of hydrazone groups is 1. The van der Waals surface area contributed by atoms with Gasteiger partial charge < -0.3 is 4.74 Å². The molecule has 0 aliphatic heterocycles. The van der Waals surface area contributed by atoms with Crippen LogP contribution in [0.2, 0.25) is 0 Å². The van der Waals surface area contributed by atoms with Crippen LogP contribution in [-0.4, -0.2) is 18.4 Å². The standard InChI is InChI=1S/C13H15FN2O2/c1-3-18-13(17)16-15-10(2)8-9-11-6-4-5-7-12(11)14/h4-9H,3H2,1-2H3,(H,16,17)/b9-8+,15-10-. The average Bonchev–Trinajstić information content (AvgIpc) is 2.36. The number of carbonyl (C=O) groups is 1. The first-order valence-electron chi connectivity index (χ1n) is 5.53. The quantitative estimate of drug-likeness (QED) is 0.659. The maximum absolute atomic E-state index is 13.3. The molecule has 0 atom stereocenters. The first-order valence-corrected chi connectivity index (χ1v) is 5.53. The van der Waals surface area contributed by atoms with Crippen LogP contribution in [0.25, 0.3) is 6.08 Å². The number of amides is 1. The minimum absolute atomic E-state index is 0.283. The number of benzene rings is 1. The number of hydrogen-bond donors (Lipinski definition) is 1. The molecular formula is C13H15FN2O2. The number of ether oxygens (including phenoxy) is 1. The van der Waals surface area contributed by atoms with Crippen LogP contribution in [0.3, 0.4) is 0 Å². The molecule has 0 heterocycles. The molecule has 5 heteroatoms. The van der Waals surface area contributed by atoms with Gasteiger partial charge in [0.15, 0.2) is 0 Å². The van der Waals surface area contributed by atoms with Crippen LogP contribution in [0.5, 0.6) is 0 Å². The number of hydrogen-bond acceptors (Lipinski definition) is 3. The average molecular weight is 250 g/mol. The van der Waals surface area contributed by atoms with E-state index in [2.05, 4.69) is 15.3 Å². The van der Waals surface area contributed by atoms with Crippen LogP contribution in [0, 0.1) is 5.82 Å². The summed E-state index contributed by atoms with van der Waals surface area (Å²) in [4.78, 5) is 11.0. The lowest BCUT2D eigenvalue weighted by Crippen LogP contribution is -2.19. The summed E-state index contributed by atoms with van der Waals surface area (Å²) in [7, 11) is 0. The molecule has 0 saturated carbocycles. The predicted molar refractivity (Wildman–Crippen MR) is 68.7 cm³/mol. The Balaban J connectivity index is 2.59. The van der Waals surface area contributed by atoms with Gasteiger partial charge in [-0.3, -0.25) is 0 Å². The van der Waals surface area contributed by atoms with Crippen molar-refractivity contribution in [3.05, 3.63) is 41.7 Å². The monoisotopic (exact) mass is 250 g/mol. The molecule has 0 fully saturated rings. The first-order chi connectivity index (χ1) is 8.63. The second kappa shape index (κ2) is 7.21. The summed E-state index contributed by atoms with van der Waals surface area (Å²) in [5.41, 5.74) is 3.21. The lowest BCUT2D eigenvalue weighted by molar-refractivity contribution is 0.152. The largest absolute Gasteiger partial charge is 0.449 e. The van der Waals surface area contributed by atoms with Crippen molar-refractivity contribution < 1.29 is 13.9 Å². The van der Waals surface area contributed by atoms with Crippen LogP contribution in [-0.2, 0) is 4.74 Å². The maximum atomic E-state index is 13.3. The Labute approximate surface area is 105 Å². The molecule has 1 aromatic rings. The van der Waals surface area contributed by atoms with Crippen molar-refractivity contribution in [3.63, 3.8) is 0 Å². The summed E-state index contributed by atoms with van der Waals surface area (Å²) in [6.07, 6.45) is 2.57. The van der Waals surface area contributed by atoms with Gasteiger partial charge in [0.2, 0.25) is 0 Å². The maximum Gasteiger partial charge on any atom is 0.427 e. The molecule has 0 radical (unpaired) electrons. The van der Waals surface area contributed by atoms with E-state index in [0.717, 1.165) is 0 Å². The number of nitrogens with one attached hydrogen (secondary N) is 1. The van der Waals surface area contributed by atoms with Crippen LogP contribution in [0.1, 0.15) is 19.4 Å². The molecule has 0 aliphatic rings. The van der Waals surface area contributed by atoms with Gasteiger partial charge >= 0.3 is 6.09 Å². The van der Waals surface area contributed by atoms with E-state index in [9.17, 15) is 9.18 Å². The zero-order valence-corrected chi connectivity index (χ0v) is 10.3. The van der Waals surface area contributed by atoms with Crippen molar-refractivity contribution in [2.24, 2.45) is 5.10 Å². The van der Waals surface area contributed by atoms with E-state index < -0.39 is 6.09 Å². The smallest absolute Gasteiger partial charge is 0.427 e. The van der Waals surface area contributed by atoms with E-state index >= 15 is 0 Å². The van der Waals surface area contributed by atoms with E-state index in [1.807, 2.05) is 0 Å². The molecule has 1 N–H and O–H groups in total. The Kier molecular flexibility index (Phi) is 5.57. The van der Waals surface area contributed by atoms with Gasteiger partial charge in [0.1, 0.15) is 5.82 Å². The topological polar surface area (TPSA) is 50.7 Å². The molecule has 1 amide bonds. The SMILES string of the molecule is CCOC(=O)N/N=C(C)\C=C\c1ccccc1F. The normalized spacial score (nSPS) is 11.6. The number of nitrogens with zero attached hydrogens (tertiary/aromatic N) is 1. The molecule has 0 unspecified atom stereocenters. The summed E-state index contributed by atoms with van der Waals surface area (Å²) >= 11 is 0. The highest BCUT2D eigenvalue weighted by Gasteiger charge is 1.97. The Morgan fingerprint density at radius 1 is 1.50 bits per heavy atom. The van der Waals surface area contributed by atoms with E-state index in [1.54, 1.807) is 44.2 Å². The summed E-state index contributed by atoms with van der Waals surface area (Å²) in [5, 5.41) is 3.77. The molecule has 4 nitrogen and oxygen atoms in total. The predicted octanol–water partition coefficient (Wildman–Crippen LogP) is 2.96. The Hall–Kier alpha value is -2.17. The summed E-state index contributed by atoms with van der Waals surface area (Å²) in [6, 6.07) is 6.39. The minimum Gasteiger partial charge on any atom is -0.449 e. The molecule has 0 bridgehead atoms. The van der Waals surface area contributed by atoms with Crippen molar-refractivity contribution in [1.29, 1.82) is 0 Å². The zero-order valence-electron chi connectivity index (χ0n) is 10.3. The molecule has 18 heavy (non-hydrogen) atoms. The second-order valence-electron chi connectivity index (χ2n) is 3.44. The van der Waals surface area contributed by atoms with Gasteiger partial charge in [-0.15, -0.1) is 0 Å². The lowest BCUT2D eigenvalue weighted by Gasteiger charge is -2.00. The fourth-order valence-corrected chi connectivity index (χ4v) is 1.16. The highest BCUT2D eigenvalue weighted by Crippen LogP contribution is 2.07. The number of halogens is 1. The van der Waals surface area contributed by atoms with E-state index in [-0.39, 0.29) is 12.4 Å². The highest BCUT2D eigenvalue weighted by atomic mass is 19.1. The summed E-state index contributed by atoms with van der Waals surface area (Å²) < 4.78 is 17.9. The van der Waals surface area contributed by atoms with Gasteiger partial charge in [-0.05, 0) is 26.0 Å². The fraction of sp³-hybridized carbons (Fsp3) is 0.231. The number of rotatable bonds is 4. The third-order valence-corrected chi connectivity index (χ3v) is 2.01. The van der Waals surface area contributed by atoms with Crippen molar-refractivity contribution in [2.45, 2.75) is 13.8 Å². The first kappa shape index (κ1) is 13.9. The lowest BCUT2D eigenvalue weighted by atomic mass is 10.2. The van der Waals surface area contributed by atoms with E-state index in [1.165, 1.54) is 6.07 Å². The third kappa shape index (κ3) is 4.78. The van der Waals surface area contributed by atoms with Gasteiger partial charge in [0.05, 0.1) is 12.3 Å². The number of allylic oxidation sites excluding steroid dienone is 1. The highest BCUT2D eigenvalue weighted by molar-refractivity contribution is 5.96. The van der Waals surface area contributed by atoms with Gasteiger partial charge in [-0.2, -0.15) is 5.10 Å². The molecule has 0 aromatic heterocycles. The van der Waals surface area contributed by atoms with Gasteiger partial charge in [-0.25, -0.2) is 14.6 Å². The minimum atomic E-state index is -0.615. The molecule has 0 spiro atoms. The van der Waals surface area contributed by atoms with Crippen LogP contribution in [0.15, 0.2) is 35.4 Å². The third-order valence-electron chi connectivity index (χ3n) is 2.01. The fourth-order valence-electron chi connectivity index (χ4n) is 1.16. The zero-order chi connectivity index (χ0) is 13.4. The van der Waals surface area contributed by atoms with Crippen molar-refractivity contribution in [3.8, 4) is 0 Å². The van der Waals surface area contributed by atoms with Crippen LogP contribution >= 0.6 is 0 Å². The van der Waals surface area contributed by atoms with Gasteiger partial charge in [-0.1, -0.05) is 24.3 Å². The van der Waals surface area contributed by atoms with Crippen LogP contribution in [0.4, 0.5) is 9.18 Å². The molecule has 0 aliphatic carbocycles. The molecule has 0 saturated heterocycles. The van der Waals surface area contributed by atoms with Crippen molar-refractivity contribution in [1.82, 2.24) is 5.43 Å². The van der Waals surface area contributed by atoms with E-state index in [4.69, 9.17) is 0 Å². The van der Waals surface area contributed by atoms with Crippen LogP contribution < -0.4 is 5.43 Å². The Morgan fingerprint density at radius 2 is 2.22 bits per heavy atom. The van der Waals surface area contributed by atoms with Gasteiger partial charge in [0.25, 0.3) is 0 Å².